The van der Waals surface area contributed by atoms with E-state index in [2.05, 4.69) is 53.3 Å². The predicted molar refractivity (Wildman–Crippen MR) is 183 cm³/mol. The van der Waals surface area contributed by atoms with Crippen LogP contribution in [0.4, 0.5) is 17.2 Å². The van der Waals surface area contributed by atoms with Gasteiger partial charge >= 0.3 is 0 Å². The number of carbonyl (C=O) groups is 3. The molecule has 1 aliphatic carbocycles. The summed E-state index contributed by atoms with van der Waals surface area (Å²) < 4.78 is 5.82. The molecule has 2 fully saturated rings. The van der Waals surface area contributed by atoms with E-state index < -0.39 is 11.1 Å². The number of hydrogen-bond donors (Lipinski definition) is 4. The van der Waals surface area contributed by atoms with Crippen LogP contribution >= 0.6 is 11.3 Å². The zero-order chi connectivity index (χ0) is 32.1. The van der Waals surface area contributed by atoms with E-state index in [0.717, 1.165) is 45.6 Å². The third-order valence-electron chi connectivity index (χ3n) is 7.45. The fourth-order valence-corrected chi connectivity index (χ4v) is 5.70. The molecule has 17 heteroatoms. The summed E-state index contributed by atoms with van der Waals surface area (Å²) >= 11 is 1.27. The SMILES string of the molecule is BC(B)(B)NC(=O)c1nnc(NC(=O)C2CC2)cc1Nc1cccc(-c2ncc(C(=O)NCCN3CCN(C)CC3)s2)c1OC. The first-order valence-electron chi connectivity index (χ1n) is 15.1. The van der Waals surface area contributed by atoms with Gasteiger partial charge in [0.05, 0.1) is 30.2 Å². The Kier molecular flexibility index (Phi) is 10.1. The Balaban J connectivity index is 1.34. The molecular weight excluding hydrogens is 591 g/mol. The van der Waals surface area contributed by atoms with Crippen molar-refractivity contribution < 1.29 is 19.1 Å². The number of carbonyl (C=O) groups excluding carboxylic acids is 3. The molecule has 0 unspecified atom stereocenters. The van der Waals surface area contributed by atoms with Crippen LogP contribution in [0.1, 0.15) is 33.0 Å². The van der Waals surface area contributed by atoms with Crippen molar-refractivity contribution in [2.24, 2.45) is 5.92 Å². The van der Waals surface area contributed by atoms with Gasteiger partial charge in [-0.05, 0) is 37.3 Å². The van der Waals surface area contributed by atoms with Crippen molar-refractivity contribution in [3.63, 3.8) is 0 Å². The molecule has 0 bridgehead atoms. The van der Waals surface area contributed by atoms with E-state index in [1.165, 1.54) is 11.3 Å². The minimum Gasteiger partial charge on any atom is -0.494 e. The fraction of sp³-hybridized carbons (Fsp3) is 0.429. The van der Waals surface area contributed by atoms with Crippen LogP contribution < -0.4 is 26.0 Å². The molecule has 0 spiro atoms. The molecule has 3 aromatic rings. The average molecular weight is 629 g/mol. The molecule has 1 saturated carbocycles. The lowest BCUT2D eigenvalue weighted by Crippen LogP contribution is -2.50. The first-order valence-corrected chi connectivity index (χ1v) is 15.9. The Hall–Kier alpha value is -3.95. The number of para-hydroxylation sites is 1. The first-order chi connectivity index (χ1) is 21.5. The molecule has 3 heterocycles. The molecule has 2 aromatic heterocycles. The summed E-state index contributed by atoms with van der Waals surface area (Å²) in [6.07, 6.45) is 3.26. The minimum absolute atomic E-state index is 0.0222. The smallest absolute Gasteiger partial charge is 0.272 e. The standard InChI is InChI=1S/C28H38B3N9O4S/c1-39-10-12-40(13-11-39)9-8-32-25(42)20-15-33-27(45-20)17-4-3-5-18(23(17)44-2)34-19-14-21(35-24(41)16-6-7-16)37-38-22(19)26(43)36-28(29,30)31/h3-5,14-16H,6-13,29-31H2,1-2H3,(H,32,42)(H,36,43)(H2,34,35,37,41). The van der Waals surface area contributed by atoms with Gasteiger partial charge in [0.25, 0.3) is 11.8 Å². The van der Waals surface area contributed by atoms with Crippen LogP contribution in [0.25, 0.3) is 10.6 Å². The zero-order valence-electron chi connectivity index (χ0n) is 26.4. The van der Waals surface area contributed by atoms with Gasteiger partial charge in [0.2, 0.25) is 5.91 Å². The van der Waals surface area contributed by atoms with Gasteiger partial charge in [0.15, 0.2) is 17.3 Å². The van der Waals surface area contributed by atoms with Crippen molar-refractivity contribution >= 4 is 69.8 Å². The summed E-state index contributed by atoms with van der Waals surface area (Å²) in [5, 5.41) is 20.3. The highest BCUT2D eigenvalue weighted by Crippen LogP contribution is 2.40. The Morgan fingerprint density at radius 1 is 1.07 bits per heavy atom. The Labute approximate surface area is 269 Å². The van der Waals surface area contributed by atoms with Gasteiger partial charge in [0.1, 0.15) is 33.4 Å². The van der Waals surface area contributed by atoms with E-state index in [0.29, 0.717) is 39.1 Å². The van der Waals surface area contributed by atoms with Crippen molar-refractivity contribution in [2.45, 2.75) is 18.1 Å². The predicted octanol–water partition coefficient (Wildman–Crippen LogP) is -1.08. The Morgan fingerprint density at radius 2 is 1.82 bits per heavy atom. The fourth-order valence-electron chi connectivity index (χ4n) is 4.85. The number of hydrogen-bond acceptors (Lipinski definition) is 11. The highest BCUT2D eigenvalue weighted by Gasteiger charge is 2.30. The molecule has 0 atom stereocenters. The van der Waals surface area contributed by atoms with Gasteiger partial charge in [-0.15, -0.1) is 21.5 Å². The lowest BCUT2D eigenvalue weighted by atomic mass is 9.49. The number of rotatable bonds is 12. The third-order valence-corrected chi connectivity index (χ3v) is 8.48. The Morgan fingerprint density at radius 3 is 2.51 bits per heavy atom. The Bertz CT molecular complexity index is 1560. The number of piperazine rings is 1. The van der Waals surface area contributed by atoms with Gasteiger partial charge in [-0.25, -0.2) is 4.98 Å². The second-order valence-corrected chi connectivity index (χ2v) is 13.4. The van der Waals surface area contributed by atoms with E-state index in [1.54, 1.807) is 25.4 Å². The number of methoxy groups -OCH3 is 1. The van der Waals surface area contributed by atoms with Crippen LogP contribution in [0.5, 0.6) is 5.75 Å². The maximum absolute atomic E-state index is 13.2. The van der Waals surface area contributed by atoms with Crippen LogP contribution in [-0.4, -0.2) is 125 Å². The van der Waals surface area contributed by atoms with Gasteiger partial charge in [-0.1, -0.05) is 6.07 Å². The van der Waals surface area contributed by atoms with Crippen LogP contribution in [0.15, 0.2) is 30.5 Å². The number of nitrogens with zero attached hydrogens (tertiary/aromatic N) is 5. The topological polar surface area (TPSA) is 154 Å². The van der Waals surface area contributed by atoms with Crippen molar-refractivity contribution in [2.75, 3.05) is 64.1 Å². The van der Waals surface area contributed by atoms with Crippen molar-refractivity contribution in [3.05, 3.63) is 41.0 Å². The summed E-state index contributed by atoms with van der Waals surface area (Å²) in [5.74, 6) is -0.0256. The van der Waals surface area contributed by atoms with Crippen LogP contribution in [0.3, 0.4) is 0 Å². The largest absolute Gasteiger partial charge is 0.494 e. The normalized spacial score (nSPS) is 15.7. The summed E-state index contributed by atoms with van der Waals surface area (Å²) in [6, 6.07) is 7.08. The van der Waals surface area contributed by atoms with Gasteiger partial charge in [0, 0.05) is 51.3 Å². The maximum Gasteiger partial charge on any atom is 0.272 e. The van der Waals surface area contributed by atoms with Crippen molar-refractivity contribution in [1.29, 1.82) is 0 Å². The zero-order valence-corrected chi connectivity index (χ0v) is 27.2. The quantitative estimate of drug-likeness (QED) is 0.182. The third kappa shape index (κ3) is 8.62. The molecule has 3 amide bonds. The van der Waals surface area contributed by atoms with E-state index >= 15 is 0 Å². The summed E-state index contributed by atoms with van der Waals surface area (Å²) in [4.78, 5) is 48.2. The number of nitrogens with one attached hydrogen (secondary N) is 4. The number of ether oxygens (including phenoxy) is 1. The lowest BCUT2D eigenvalue weighted by molar-refractivity contribution is -0.117. The molecule has 1 aromatic carbocycles. The van der Waals surface area contributed by atoms with Crippen LogP contribution in [-0.2, 0) is 4.79 Å². The molecule has 4 N–H and O–H groups in total. The van der Waals surface area contributed by atoms with E-state index in [1.807, 2.05) is 35.7 Å². The highest BCUT2D eigenvalue weighted by atomic mass is 32.1. The highest BCUT2D eigenvalue weighted by molar-refractivity contribution is 7.17. The monoisotopic (exact) mass is 629 g/mol. The molecule has 2 aliphatic rings. The number of amides is 3. The number of aromatic nitrogens is 3. The number of benzene rings is 1. The number of thiazole rings is 1. The molecular formula is C28H38B3N9O4S. The van der Waals surface area contributed by atoms with Crippen LogP contribution in [0, 0.1) is 5.92 Å². The summed E-state index contributed by atoms with van der Waals surface area (Å²) in [5.41, 5.74) is 1.62. The second-order valence-electron chi connectivity index (χ2n) is 12.4. The average Bonchev–Trinajstić information content (AvgIpc) is 3.73. The van der Waals surface area contributed by atoms with Gasteiger partial charge in [-0.3, -0.25) is 19.3 Å². The van der Waals surface area contributed by atoms with E-state index in [4.69, 9.17) is 4.74 Å². The molecule has 1 aliphatic heterocycles. The molecule has 234 valence electrons. The molecule has 45 heavy (non-hydrogen) atoms. The van der Waals surface area contributed by atoms with E-state index in [9.17, 15) is 14.4 Å². The summed E-state index contributed by atoms with van der Waals surface area (Å²) in [6.45, 7) is 5.42. The second kappa shape index (κ2) is 14.0. The van der Waals surface area contributed by atoms with Gasteiger partial charge < -0.3 is 30.9 Å². The molecule has 5 rings (SSSR count). The number of likely N-dealkylation sites (N-methyl/N-ethyl adjacent to an activating group) is 1. The van der Waals surface area contributed by atoms with Crippen molar-refractivity contribution in [3.8, 4) is 16.3 Å². The van der Waals surface area contributed by atoms with Gasteiger partial charge in [-0.2, -0.15) is 0 Å². The summed E-state index contributed by atoms with van der Waals surface area (Å²) in [7, 11) is 9.28. The van der Waals surface area contributed by atoms with Crippen LogP contribution in [0.2, 0.25) is 0 Å². The minimum atomic E-state index is -0.508. The first kappa shape index (κ1) is 32.4. The van der Waals surface area contributed by atoms with Crippen molar-refractivity contribution in [1.82, 2.24) is 35.6 Å². The lowest BCUT2D eigenvalue weighted by Gasteiger charge is -2.32. The molecule has 0 radical (unpaired) electrons. The van der Waals surface area contributed by atoms with E-state index in [-0.39, 0.29) is 29.2 Å². The maximum atomic E-state index is 13.2. The molecule has 13 nitrogen and oxygen atoms in total. The number of anilines is 3. The molecule has 1 saturated heterocycles.